The Morgan fingerprint density at radius 1 is 1.11 bits per heavy atom. The average molecular weight is 391 g/mol. The number of nitrogens with two attached hydrogens (primary N) is 1. The number of benzene rings is 1. The van der Waals surface area contributed by atoms with Crippen LogP contribution >= 0.6 is 43.2 Å². The van der Waals surface area contributed by atoms with Crippen LogP contribution in [0, 0.1) is 0 Å². The lowest BCUT2D eigenvalue weighted by atomic mass is 9.93. The van der Waals surface area contributed by atoms with Crippen molar-refractivity contribution < 1.29 is 5.11 Å². The third-order valence-corrected chi connectivity index (χ3v) is 5.04. The first-order chi connectivity index (χ1) is 8.61. The van der Waals surface area contributed by atoms with Gasteiger partial charge in [-0.15, -0.1) is 11.3 Å². The maximum absolute atomic E-state index is 10.4. The second kappa shape index (κ2) is 6.30. The highest BCUT2D eigenvalue weighted by atomic mass is 79.9. The number of halogens is 2. The monoisotopic (exact) mass is 389 g/mol. The fourth-order valence-corrected chi connectivity index (χ4v) is 3.58. The van der Waals surface area contributed by atoms with Gasteiger partial charge in [0.05, 0.1) is 9.89 Å². The normalized spacial score (nSPS) is 14.4. The van der Waals surface area contributed by atoms with Crippen molar-refractivity contribution in [3.05, 3.63) is 55.1 Å². The Kier molecular flexibility index (Phi) is 4.98. The van der Waals surface area contributed by atoms with Crippen molar-refractivity contribution in [2.45, 2.75) is 12.0 Å². The van der Waals surface area contributed by atoms with Crippen LogP contribution in [0.1, 0.15) is 22.5 Å². The maximum Gasteiger partial charge on any atom is 0.0962 e. The van der Waals surface area contributed by atoms with Gasteiger partial charge in [-0.05, 0) is 45.8 Å². The van der Waals surface area contributed by atoms with Crippen LogP contribution in [0.3, 0.4) is 0 Å². The van der Waals surface area contributed by atoms with Gasteiger partial charge in [0.15, 0.2) is 0 Å². The van der Waals surface area contributed by atoms with E-state index in [-0.39, 0.29) is 5.92 Å². The molecule has 0 spiro atoms. The highest BCUT2D eigenvalue weighted by molar-refractivity contribution is 9.11. The van der Waals surface area contributed by atoms with Gasteiger partial charge in [0.1, 0.15) is 0 Å². The standard InChI is InChI=1S/C13H13Br2NOS/c14-9-3-1-8(2-4-9)10(7-16)13(17)11-5-6-12(15)18-11/h1-6,10,13,17H,7,16H2. The molecule has 1 aromatic carbocycles. The molecule has 2 nitrogen and oxygen atoms in total. The predicted octanol–water partition coefficient (Wildman–Crippen LogP) is 4.05. The van der Waals surface area contributed by atoms with E-state index in [1.807, 2.05) is 36.4 Å². The Labute approximate surface area is 127 Å². The van der Waals surface area contributed by atoms with Gasteiger partial charge in [-0.3, -0.25) is 0 Å². The van der Waals surface area contributed by atoms with E-state index in [0.29, 0.717) is 6.54 Å². The van der Waals surface area contributed by atoms with E-state index >= 15 is 0 Å². The van der Waals surface area contributed by atoms with Crippen LogP contribution in [0.25, 0.3) is 0 Å². The van der Waals surface area contributed by atoms with Crippen molar-refractivity contribution in [2.75, 3.05) is 6.54 Å². The van der Waals surface area contributed by atoms with Crippen molar-refractivity contribution in [3.8, 4) is 0 Å². The molecule has 5 heteroatoms. The molecule has 2 aromatic rings. The molecular weight excluding hydrogens is 378 g/mol. The Morgan fingerprint density at radius 3 is 2.28 bits per heavy atom. The first-order valence-electron chi connectivity index (χ1n) is 5.50. The highest BCUT2D eigenvalue weighted by Crippen LogP contribution is 2.35. The zero-order valence-corrected chi connectivity index (χ0v) is 13.5. The van der Waals surface area contributed by atoms with Crippen molar-refractivity contribution in [3.63, 3.8) is 0 Å². The molecule has 0 aliphatic rings. The van der Waals surface area contributed by atoms with Gasteiger partial charge in [-0.1, -0.05) is 28.1 Å². The predicted molar refractivity (Wildman–Crippen MR) is 82.9 cm³/mol. The maximum atomic E-state index is 10.4. The summed E-state index contributed by atoms with van der Waals surface area (Å²) in [6.07, 6.45) is -0.563. The van der Waals surface area contributed by atoms with Crippen LogP contribution in [0.5, 0.6) is 0 Å². The van der Waals surface area contributed by atoms with E-state index in [1.165, 1.54) is 11.3 Å². The van der Waals surface area contributed by atoms with Crippen LogP contribution < -0.4 is 5.73 Å². The minimum Gasteiger partial charge on any atom is -0.387 e. The van der Waals surface area contributed by atoms with E-state index in [1.54, 1.807) is 0 Å². The van der Waals surface area contributed by atoms with Crippen LogP contribution in [0.15, 0.2) is 44.7 Å². The first-order valence-corrected chi connectivity index (χ1v) is 7.91. The largest absolute Gasteiger partial charge is 0.387 e. The van der Waals surface area contributed by atoms with Gasteiger partial charge in [0.25, 0.3) is 0 Å². The molecule has 0 saturated carbocycles. The van der Waals surface area contributed by atoms with Gasteiger partial charge >= 0.3 is 0 Å². The Hall–Kier alpha value is -0.200. The van der Waals surface area contributed by atoms with Crippen molar-refractivity contribution in [2.24, 2.45) is 5.73 Å². The van der Waals surface area contributed by atoms with E-state index in [0.717, 1.165) is 18.7 Å². The Balaban J connectivity index is 2.25. The molecule has 2 unspecified atom stereocenters. The van der Waals surface area contributed by atoms with Gasteiger partial charge in [-0.2, -0.15) is 0 Å². The third kappa shape index (κ3) is 3.22. The van der Waals surface area contributed by atoms with E-state index in [2.05, 4.69) is 31.9 Å². The lowest BCUT2D eigenvalue weighted by Gasteiger charge is -2.21. The fraction of sp³-hybridized carbons (Fsp3) is 0.231. The van der Waals surface area contributed by atoms with Gasteiger partial charge in [-0.25, -0.2) is 0 Å². The van der Waals surface area contributed by atoms with Gasteiger partial charge < -0.3 is 10.8 Å². The fourth-order valence-electron chi connectivity index (χ4n) is 1.84. The quantitative estimate of drug-likeness (QED) is 0.827. The summed E-state index contributed by atoms with van der Waals surface area (Å²) in [5.41, 5.74) is 6.86. The highest BCUT2D eigenvalue weighted by Gasteiger charge is 2.22. The summed E-state index contributed by atoms with van der Waals surface area (Å²) in [5, 5.41) is 10.4. The van der Waals surface area contributed by atoms with Gasteiger partial charge in [0, 0.05) is 21.8 Å². The van der Waals surface area contributed by atoms with Gasteiger partial charge in [0.2, 0.25) is 0 Å². The Morgan fingerprint density at radius 2 is 1.78 bits per heavy atom. The molecule has 96 valence electrons. The number of hydrogen-bond acceptors (Lipinski definition) is 3. The smallest absolute Gasteiger partial charge is 0.0962 e. The van der Waals surface area contributed by atoms with E-state index < -0.39 is 6.10 Å². The summed E-state index contributed by atoms with van der Waals surface area (Å²) >= 11 is 8.35. The summed E-state index contributed by atoms with van der Waals surface area (Å²) in [6.45, 7) is 0.415. The van der Waals surface area contributed by atoms with Crippen LogP contribution in [0.2, 0.25) is 0 Å². The summed E-state index contributed by atoms with van der Waals surface area (Å²) in [5.74, 6) is -0.0800. The zero-order valence-electron chi connectivity index (χ0n) is 9.51. The SMILES string of the molecule is NCC(c1ccc(Br)cc1)C(O)c1ccc(Br)s1. The Bertz CT molecular complexity index is 512. The summed E-state index contributed by atoms with van der Waals surface area (Å²) < 4.78 is 2.04. The van der Waals surface area contributed by atoms with E-state index in [9.17, 15) is 5.11 Å². The molecule has 2 atom stereocenters. The number of thiophene rings is 1. The molecule has 2 rings (SSSR count). The molecule has 0 aliphatic carbocycles. The van der Waals surface area contributed by atoms with Crippen molar-refractivity contribution >= 4 is 43.2 Å². The third-order valence-electron chi connectivity index (χ3n) is 2.82. The number of rotatable bonds is 4. The molecule has 0 bridgehead atoms. The zero-order chi connectivity index (χ0) is 13.1. The second-order valence-electron chi connectivity index (χ2n) is 3.98. The second-order valence-corrected chi connectivity index (χ2v) is 7.39. The molecule has 18 heavy (non-hydrogen) atoms. The topological polar surface area (TPSA) is 46.2 Å². The van der Waals surface area contributed by atoms with Crippen LogP contribution in [-0.2, 0) is 0 Å². The van der Waals surface area contributed by atoms with Crippen LogP contribution in [0.4, 0.5) is 0 Å². The van der Waals surface area contributed by atoms with Crippen molar-refractivity contribution in [1.29, 1.82) is 0 Å². The summed E-state index contributed by atoms with van der Waals surface area (Å²) in [4.78, 5) is 0.931. The minimum atomic E-state index is -0.563. The lowest BCUT2D eigenvalue weighted by molar-refractivity contribution is 0.151. The average Bonchev–Trinajstić information content (AvgIpc) is 2.79. The molecule has 0 saturated heterocycles. The summed E-state index contributed by atoms with van der Waals surface area (Å²) in [6, 6.07) is 11.8. The molecule has 3 N–H and O–H groups in total. The molecular formula is C13H13Br2NOS. The number of aliphatic hydroxyl groups excluding tert-OH is 1. The van der Waals surface area contributed by atoms with E-state index in [4.69, 9.17) is 5.73 Å². The summed E-state index contributed by atoms with van der Waals surface area (Å²) in [7, 11) is 0. The molecule has 0 radical (unpaired) electrons. The lowest BCUT2D eigenvalue weighted by Crippen LogP contribution is -2.19. The molecule has 1 aromatic heterocycles. The minimum absolute atomic E-state index is 0.0800. The van der Waals surface area contributed by atoms with Crippen molar-refractivity contribution in [1.82, 2.24) is 0 Å². The molecule has 0 fully saturated rings. The number of hydrogen-bond donors (Lipinski definition) is 2. The first kappa shape index (κ1) is 14.2. The molecule has 0 aliphatic heterocycles. The van der Waals surface area contributed by atoms with Crippen LogP contribution in [-0.4, -0.2) is 11.7 Å². The number of aliphatic hydroxyl groups is 1. The molecule has 1 heterocycles. The molecule has 0 amide bonds.